The van der Waals surface area contributed by atoms with Gasteiger partial charge in [0.2, 0.25) is 5.91 Å². The summed E-state index contributed by atoms with van der Waals surface area (Å²) in [5, 5.41) is 6.60. The number of carbonyl (C=O) groups is 2. The molecule has 0 aliphatic carbocycles. The molecule has 0 spiro atoms. The third-order valence-electron chi connectivity index (χ3n) is 4.15. The van der Waals surface area contributed by atoms with E-state index >= 15 is 0 Å². The summed E-state index contributed by atoms with van der Waals surface area (Å²) in [6, 6.07) is 14.2. The lowest BCUT2D eigenvalue weighted by molar-refractivity contribution is -0.116. The summed E-state index contributed by atoms with van der Waals surface area (Å²) >= 11 is 7.22. The number of carbonyl (C=O) groups excluding carboxylic acids is 2. The minimum absolute atomic E-state index is 0.149. The van der Waals surface area contributed by atoms with Gasteiger partial charge in [-0.3, -0.25) is 9.59 Å². The van der Waals surface area contributed by atoms with Gasteiger partial charge in [0.05, 0.1) is 12.8 Å². The van der Waals surface area contributed by atoms with E-state index in [1.54, 1.807) is 31.4 Å². The predicted octanol–water partition coefficient (Wildman–Crippen LogP) is 4.54. The Morgan fingerprint density at radius 1 is 1.10 bits per heavy atom. The molecule has 2 N–H and O–H groups in total. The molecular weight excluding hydrogens is 410 g/mol. The van der Waals surface area contributed by atoms with Crippen LogP contribution in [0.2, 0.25) is 5.02 Å². The standard InChI is InChI=1S/C21H20ClN3O3S/c1-13-19(14-5-9-17(28-2)10-6-14)25-21(29-13)24-18(26)11-12-23-20(27)15-3-7-16(22)8-4-15/h3-10H,11-12H2,1-2H3,(H,23,27)(H,24,25,26). The van der Waals surface area contributed by atoms with Crippen molar-refractivity contribution in [3.05, 3.63) is 64.0 Å². The Balaban J connectivity index is 1.52. The van der Waals surface area contributed by atoms with Crippen molar-refractivity contribution >= 4 is 39.9 Å². The van der Waals surface area contributed by atoms with Crippen molar-refractivity contribution in [2.75, 3.05) is 19.0 Å². The molecule has 0 saturated heterocycles. The van der Waals surface area contributed by atoms with Crippen LogP contribution < -0.4 is 15.4 Å². The second-order valence-electron chi connectivity index (χ2n) is 6.21. The highest BCUT2D eigenvalue weighted by atomic mass is 35.5. The van der Waals surface area contributed by atoms with Crippen LogP contribution in [0.5, 0.6) is 5.75 Å². The Hall–Kier alpha value is -2.90. The molecule has 3 aromatic rings. The summed E-state index contributed by atoms with van der Waals surface area (Å²) in [6.07, 6.45) is 0.149. The van der Waals surface area contributed by atoms with E-state index in [1.807, 2.05) is 31.2 Å². The molecule has 0 unspecified atom stereocenters. The van der Waals surface area contributed by atoms with Crippen molar-refractivity contribution in [1.82, 2.24) is 10.3 Å². The van der Waals surface area contributed by atoms with Gasteiger partial charge in [0, 0.05) is 34.0 Å². The summed E-state index contributed by atoms with van der Waals surface area (Å²) in [5.41, 5.74) is 2.27. The molecule has 6 nitrogen and oxygen atoms in total. The van der Waals surface area contributed by atoms with Crippen LogP contribution in [0.25, 0.3) is 11.3 Å². The molecule has 2 aromatic carbocycles. The van der Waals surface area contributed by atoms with E-state index in [-0.39, 0.29) is 24.8 Å². The van der Waals surface area contributed by atoms with Crippen molar-refractivity contribution < 1.29 is 14.3 Å². The van der Waals surface area contributed by atoms with Crippen molar-refractivity contribution in [1.29, 1.82) is 0 Å². The second-order valence-corrected chi connectivity index (χ2v) is 7.85. The average molecular weight is 430 g/mol. The van der Waals surface area contributed by atoms with Gasteiger partial charge < -0.3 is 15.4 Å². The molecule has 0 saturated carbocycles. The van der Waals surface area contributed by atoms with Crippen LogP contribution in [0.1, 0.15) is 21.7 Å². The zero-order chi connectivity index (χ0) is 20.8. The molecule has 0 aliphatic rings. The zero-order valence-corrected chi connectivity index (χ0v) is 17.6. The van der Waals surface area contributed by atoms with Crippen LogP contribution in [0.4, 0.5) is 5.13 Å². The highest BCUT2D eigenvalue weighted by molar-refractivity contribution is 7.16. The molecule has 0 aliphatic heterocycles. The van der Waals surface area contributed by atoms with E-state index < -0.39 is 0 Å². The van der Waals surface area contributed by atoms with Gasteiger partial charge in [0.1, 0.15) is 5.75 Å². The lowest BCUT2D eigenvalue weighted by Gasteiger charge is -2.05. The van der Waals surface area contributed by atoms with Gasteiger partial charge in [0.15, 0.2) is 5.13 Å². The number of ether oxygens (including phenoxy) is 1. The number of nitrogens with one attached hydrogen (secondary N) is 2. The fourth-order valence-corrected chi connectivity index (χ4v) is 3.62. The van der Waals surface area contributed by atoms with Gasteiger partial charge in [-0.05, 0) is 55.5 Å². The first kappa shape index (κ1) is 20.8. The molecule has 150 valence electrons. The molecular formula is C21H20ClN3O3S. The van der Waals surface area contributed by atoms with Crippen LogP contribution in [0.15, 0.2) is 48.5 Å². The van der Waals surface area contributed by atoms with E-state index in [4.69, 9.17) is 16.3 Å². The summed E-state index contributed by atoms with van der Waals surface area (Å²) < 4.78 is 5.17. The number of benzene rings is 2. The van der Waals surface area contributed by atoms with Crippen molar-refractivity contribution in [3.8, 4) is 17.0 Å². The molecule has 0 bridgehead atoms. The number of halogens is 1. The lowest BCUT2D eigenvalue weighted by Crippen LogP contribution is -2.27. The van der Waals surface area contributed by atoms with Gasteiger partial charge in [-0.2, -0.15) is 0 Å². The number of thiazole rings is 1. The molecule has 1 aromatic heterocycles. The molecule has 29 heavy (non-hydrogen) atoms. The fourth-order valence-electron chi connectivity index (χ4n) is 2.64. The number of methoxy groups -OCH3 is 1. The highest BCUT2D eigenvalue weighted by Crippen LogP contribution is 2.31. The Kier molecular flexibility index (Phi) is 6.85. The molecule has 2 amide bonds. The summed E-state index contributed by atoms with van der Waals surface area (Å²) in [6.45, 7) is 2.18. The van der Waals surface area contributed by atoms with Gasteiger partial charge >= 0.3 is 0 Å². The maximum absolute atomic E-state index is 12.2. The predicted molar refractivity (Wildman–Crippen MR) is 116 cm³/mol. The van der Waals surface area contributed by atoms with Gasteiger partial charge in [-0.1, -0.05) is 11.6 Å². The summed E-state index contributed by atoms with van der Waals surface area (Å²) in [5.74, 6) is 0.314. The maximum Gasteiger partial charge on any atom is 0.251 e. The number of rotatable bonds is 7. The summed E-state index contributed by atoms with van der Waals surface area (Å²) in [4.78, 5) is 29.7. The first-order valence-electron chi connectivity index (χ1n) is 8.91. The van der Waals surface area contributed by atoms with Crippen molar-refractivity contribution in [2.24, 2.45) is 0 Å². The lowest BCUT2D eigenvalue weighted by atomic mass is 10.1. The van der Waals surface area contributed by atoms with Crippen LogP contribution in [0, 0.1) is 6.92 Å². The number of hydrogen-bond acceptors (Lipinski definition) is 5. The molecule has 0 radical (unpaired) electrons. The van der Waals surface area contributed by atoms with Gasteiger partial charge in [-0.15, -0.1) is 11.3 Å². The molecule has 1 heterocycles. The van der Waals surface area contributed by atoms with Gasteiger partial charge in [-0.25, -0.2) is 4.98 Å². The van der Waals surface area contributed by atoms with Gasteiger partial charge in [0.25, 0.3) is 5.91 Å². The minimum atomic E-state index is -0.249. The Morgan fingerprint density at radius 2 is 1.79 bits per heavy atom. The van der Waals surface area contributed by atoms with E-state index in [0.717, 1.165) is 21.9 Å². The fraction of sp³-hybridized carbons (Fsp3) is 0.190. The second kappa shape index (κ2) is 9.54. The number of nitrogens with zero attached hydrogens (tertiary/aromatic N) is 1. The largest absolute Gasteiger partial charge is 0.497 e. The van der Waals surface area contributed by atoms with E-state index in [1.165, 1.54) is 11.3 Å². The number of anilines is 1. The van der Waals surface area contributed by atoms with Crippen LogP contribution >= 0.6 is 22.9 Å². The molecule has 8 heteroatoms. The number of amides is 2. The van der Waals surface area contributed by atoms with Crippen LogP contribution in [0.3, 0.4) is 0 Å². The number of aromatic nitrogens is 1. The average Bonchev–Trinajstić information content (AvgIpc) is 3.08. The van der Waals surface area contributed by atoms with E-state index in [0.29, 0.717) is 15.7 Å². The Labute approximate surface area is 177 Å². The molecule has 3 rings (SSSR count). The quantitative estimate of drug-likeness (QED) is 0.577. The van der Waals surface area contributed by atoms with E-state index in [2.05, 4.69) is 15.6 Å². The summed E-state index contributed by atoms with van der Waals surface area (Å²) in [7, 11) is 1.62. The monoisotopic (exact) mass is 429 g/mol. The third-order valence-corrected chi connectivity index (χ3v) is 5.29. The van der Waals surface area contributed by atoms with E-state index in [9.17, 15) is 9.59 Å². The minimum Gasteiger partial charge on any atom is -0.497 e. The smallest absolute Gasteiger partial charge is 0.251 e. The normalized spacial score (nSPS) is 10.4. The SMILES string of the molecule is COc1ccc(-c2nc(NC(=O)CCNC(=O)c3ccc(Cl)cc3)sc2C)cc1. The zero-order valence-electron chi connectivity index (χ0n) is 16.0. The number of hydrogen-bond donors (Lipinski definition) is 2. The number of aryl methyl sites for hydroxylation is 1. The topological polar surface area (TPSA) is 80.3 Å². The Bertz CT molecular complexity index is 1000. The Morgan fingerprint density at radius 3 is 2.45 bits per heavy atom. The van der Waals surface area contributed by atoms with Crippen molar-refractivity contribution in [2.45, 2.75) is 13.3 Å². The third kappa shape index (κ3) is 5.56. The van der Waals surface area contributed by atoms with Crippen LogP contribution in [-0.2, 0) is 4.79 Å². The van der Waals surface area contributed by atoms with Crippen LogP contribution in [-0.4, -0.2) is 30.5 Å². The highest BCUT2D eigenvalue weighted by Gasteiger charge is 2.13. The maximum atomic E-state index is 12.2. The van der Waals surface area contributed by atoms with Crippen molar-refractivity contribution in [3.63, 3.8) is 0 Å². The first-order valence-corrected chi connectivity index (χ1v) is 10.1. The molecule has 0 atom stereocenters. The first-order chi connectivity index (χ1) is 14.0. The molecule has 0 fully saturated rings.